The molecule has 4 aromatic rings. The monoisotopic (exact) mass is 344 g/mol. The minimum Gasteiger partial charge on any atom is -0.459 e. The van der Waals surface area contributed by atoms with E-state index in [2.05, 4.69) is 5.32 Å². The van der Waals surface area contributed by atoms with Crippen molar-refractivity contribution in [3.63, 3.8) is 0 Å². The van der Waals surface area contributed by atoms with Gasteiger partial charge in [0.1, 0.15) is 11.3 Å². The summed E-state index contributed by atoms with van der Waals surface area (Å²) in [7, 11) is 0. The molecule has 4 heteroatoms. The summed E-state index contributed by atoms with van der Waals surface area (Å²) in [5.74, 6) is 0.745. The second kappa shape index (κ2) is 6.92. The molecule has 0 aliphatic carbocycles. The van der Waals surface area contributed by atoms with E-state index >= 15 is 0 Å². The molecule has 4 nitrogen and oxygen atoms in total. The SMILES string of the molecule is CC(NC(=O)Cc1ccc(-n2cccc2)cc1)c1cc2ccccc2o1. The third-order valence-electron chi connectivity index (χ3n) is 4.45. The summed E-state index contributed by atoms with van der Waals surface area (Å²) in [5.41, 5.74) is 2.90. The Morgan fingerprint density at radius 1 is 1.04 bits per heavy atom. The highest BCUT2D eigenvalue weighted by molar-refractivity contribution is 5.80. The number of rotatable bonds is 5. The van der Waals surface area contributed by atoms with Crippen molar-refractivity contribution in [3.05, 3.63) is 90.4 Å². The lowest BCUT2D eigenvalue weighted by molar-refractivity contribution is -0.121. The van der Waals surface area contributed by atoms with Crippen LogP contribution in [-0.2, 0) is 11.2 Å². The van der Waals surface area contributed by atoms with Crippen LogP contribution in [-0.4, -0.2) is 10.5 Å². The van der Waals surface area contributed by atoms with Crippen molar-refractivity contribution >= 4 is 16.9 Å². The third-order valence-corrected chi connectivity index (χ3v) is 4.45. The van der Waals surface area contributed by atoms with Crippen LogP contribution >= 0.6 is 0 Å². The first-order chi connectivity index (χ1) is 12.7. The third kappa shape index (κ3) is 3.40. The maximum atomic E-state index is 12.4. The summed E-state index contributed by atoms with van der Waals surface area (Å²) in [6.07, 6.45) is 4.34. The van der Waals surface area contributed by atoms with Crippen molar-refractivity contribution in [3.8, 4) is 5.69 Å². The number of nitrogens with one attached hydrogen (secondary N) is 1. The lowest BCUT2D eigenvalue weighted by atomic mass is 10.1. The molecule has 0 spiro atoms. The van der Waals surface area contributed by atoms with Gasteiger partial charge in [-0.1, -0.05) is 30.3 Å². The fourth-order valence-electron chi connectivity index (χ4n) is 3.06. The lowest BCUT2D eigenvalue weighted by Gasteiger charge is -2.11. The molecule has 1 atom stereocenters. The van der Waals surface area contributed by atoms with Gasteiger partial charge in [0.2, 0.25) is 5.91 Å². The topological polar surface area (TPSA) is 47.2 Å². The molecule has 0 aliphatic heterocycles. The molecule has 0 aliphatic rings. The maximum Gasteiger partial charge on any atom is 0.224 e. The Labute approximate surface area is 152 Å². The van der Waals surface area contributed by atoms with Crippen molar-refractivity contribution in [1.29, 1.82) is 0 Å². The van der Waals surface area contributed by atoms with Crippen molar-refractivity contribution in [2.75, 3.05) is 0 Å². The summed E-state index contributed by atoms with van der Waals surface area (Å²) >= 11 is 0. The maximum absolute atomic E-state index is 12.4. The number of amides is 1. The van der Waals surface area contributed by atoms with Crippen LogP contribution in [0.25, 0.3) is 16.7 Å². The molecular formula is C22H20N2O2. The van der Waals surface area contributed by atoms with Gasteiger partial charge in [-0.3, -0.25) is 4.79 Å². The second-order valence-corrected chi connectivity index (χ2v) is 6.41. The normalized spacial score (nSPS) is 12.2. The Hall–Kier alpha value is -3.27. The van der Waals surface area contributed by atoms with E-state index in [9.17, 15) is 4.79 Å². The minimum absolute atomic E-state index is 0.0216. The molecule has 4 rings (SSSR count). The molecule has 0 radical (unpaired) electrons. The number of fused-ring (bicyclic) bond motifs is 1. The highest BCUT2D eigenvalue weighted by Crippen LogP contribution is 2.23. The molecule has 0 fully saturated rings. The average Bonchev–Trinajstić information content (AvgIpc) is 3.32. The number of aromatic nitrogens is 1. The quantitative estimate of drug-likeness (QED) is 0.573. The van der Waals surface area contributed by atoms with Gasteiger partial charge in [-0.25, -0.2) is 0 Å². The summed E-state index contributed by atoms with van der Waals surface area (Å²) in [4.78, 5) is 12.4. The summed E-state index contributed by atoms with van der Waals surface area (Å²) < 4.78 is 7.86. The average molecular weight is 344 g/mol. The molecule has 26 heavy (non-hydrogen) atoms. The van der Waals surface area contributed by atoms with Gasteiger partial charge in [0, 0.05) is 23.5 Å². The highest BCUT2D eigenvalue weighted by atomic mass is 16.3. The van der Waals surface area contributed by atoms with Gasteiger partial charge in [-0.15, -0.1) is 0 Å². The number of furan rings is 1. The van der Waals surface area contributed by atoms with Gasteiger partial charge in [0.25, 0.3) is 0 Å². The van der Waals surface area contributed by atoms with Crippen LogP contribution in [0.3, 0.4) is 0 Å². The number of carbonyl (C=O) groups excluding carboxylic acids is 1. The molecule has 1 amide bonds. The standard InChI is InChI=1S/C22H20N2O2/c1-16(21-15-18-6-2-3-7-20(18)26-21)23-22(25)14-17-8-10-19(11-9-17)24-12-4-5-13-24/h2-13,15-16H,14H2,1H3,(H,23,25). The van der Waals surface area contributed by atoms with Crippen LogP contribution in [0, 0.1) is 0 Å². The van der Waals surface area contributed by atoms with Gasteiger partial charge in [0.15, 0.2) is 0 Å². The number of para-hydroxylation sites is 1. The summed E-state index contributed by atoms with van der Waals surface area (Å²) in [6.45, 7) is 1.94. The van der Waals surface area contributed by atoms with Crippen LogP contribution in [0.5, 0.6) is 0 Å². The Morgan fingerprint density at radius 3 is 2.50 bits per heavy atom. The number of benzene rings is 2. The van der Waals surface area contributed by atoms with Crippen molar-refractivity contribution in [2.24, 2.45) is 0 Å². The first-order valence-electron chi connectivity index (χ1n) is 8.69. The smallest absolute Gasteiger partial charge is 0.224 e. The molecule has 1 unspecified atom stereocenters. The largest absolute Gasteiger partial charge is 0.459 e. The Morgan fingerprint density at radius 2 is 1.77 bits per heavy atom. The molecule has 0 saturated carbocycles. The molecular weight excluding hydrogens is 324 g/mol. The predicted octanol–water partition coefficient (Wildman–Crippen LogP) is 4.64. The van der Waals surface area contributed by atoms with E-state index in [0.29, 0.717) is 6.42 Å². The zero-order valence-electron chi connectivity index (χ0n) is 14.6. The fourth-order valence-corrected chi connectivity index (χ4v) is 3.06. The Kier molecular flexibility index (Phi) is 4.32. The predicted molar refractivity (Wildman–Crippen MR) is 102 cm³/mol. The van der Waals surface area contributed by atoms with Crippen LogP contribution in [0.2, 0.25) is 0 Å². The fraction of sp³-hybridized carbons (Fsp3) is 0.136. The van der Waals surface area contributed by atoms with Crippen LogP contribution < -0.4 is 5.32 Å². The molecule has 130 valence electrons. The van der Waals surface area contributed by atoms with E-state index in [4.69, 9.17) is 4.42 Å². The van der Waals surface area contributed by atoms with Crippen molar-refractivity contribution in [1.82, 2.24) is 9.88 Å². The van der Waals surface area contributed by atoms with Crippen LogP contribution in [0.1, 0.15) is 24.3 Å². The molecule has 0 saturated heterocycles. The molecule has 1 N–H and O–H groups in total. The van der Waals surface area contributed by atoms with Crippen molar-refractivity contribution < 1.29 is 9.21 Å². The van der Waals surface area contributed by atoms with Gasteiger partial charge in [-0.2, -0.15) is 0 Å². The molecule has 2 heterocycles. The Balaban J connectivity index is 1.40. The van der Waals surface area contributed by atoms with Crippen LogP contribution in [0.4, 0.5) is 0 Å². The van der Waals surface area contributed by atoms with Gasteiger partial charge in [0.05, 0.1) is 12.5 Å². The second-order valence-electron chi connectivity index (χ2n) is 6.41. The van der Waals surface area contributed by atoms with Crippen molar-refractivity contribution in [2.45, 2.75) is 19.4 Å². The van der Waals surface area contributed by atoms with E-state index in [0.717, 1.165) is 28.0 Å². The first kappa shape index (κ1) is 16.2. The zero-order valence-corrected chi connectivity index (χ0v) is 14.6. The molecule has 0 bridgehead atoms. The van der Waals surface area contributed by atoms with Crippen LogP contribution in [0.15, 0.2) is 83.5 Å². The summed E-state index contributed by atoms with van der Waals surface area (Å²) in [6, 6.07) is 21.6. The number of hydrogen-bond acceptors (Lipinski definition) is 2. The van der Waals surface area contributed by atoms with Gasteiger partial charge in [-0.05, 0) is 48.9 Å². The minimum atomic E-state index is -0.172. The molecule has 2 aromatic heterocycles. The molecule has 2 aromatic carbocycles. The Bertz CT molecular complexity index is 981. The van der Waals surface area contributed by atoms with E-state index in [1.807, 2.05) is 90.6 Å². The number of carbonyl (C=O) groups is 1. The van der Waals surface area contributed by atoms with E-state index < -0.39 is 0 Å². The van der Waals surface area contributed by atoms with E-state index in [1.165, 1.54) is 0 Å². The number of nitrogens with zero attached hydrogens (tertiary/aromatic N) is 1. The van der Waals surface area contributed by atoms with E-state index in [-0.39, 0.29) is 11.9 Å². The van der Waals surface area contributed by atoms with E-state index in [1.54, 1.807) is 0 Å². The highest BCUT2D eigenvalue weighted by Gasteiger charge is 2.14. The zero-order chi connectivity index (χ0) is 17.9. The summed E-state index contributed by atoms with van der Waals surface area (Å²) in [5, 5.41) is 4.06. The lowest BCUT2D eigenvalue weighted by Crippen LogP contribution is -2.27. The number of hydrogen-bond donors (Lipinski definition) is 1. The van der Waals surface area contributed by atoms with Gasteiger partial charge >= 0.3 is 0 Å². The van der Waals surface area contributed by atoms with Gasteiger partial charge < -0.3 is 14.3 Å². The first-order valence-corrected chi connectivity index (χ1v) is 8.69.